The lowest BCUT2D eigenvalue weighted by atomic mass is 10.1. The highest BCUT2D eigenvalue weighted by Crippen LogP contribution is 2.24. The number of fused-ring (bicyclic) bond motifs is 1. The van der Waals surface area contributed by atoms with Gasteiger partial charge in [0, 0.05) is 19.2 Å². The number of benzene rings is 2. The molecule has 0 fully saturated rings. The van der Waals surface area contributed by atoms with E-state index in [0.717, 1.165) is 17.7 Å². The first-order valence-electron chi connectivity index (χ1n) is 7.86. The molecule has 0 spiro atoms. The van der Waals surface area contributed by atoms with Gasteiger partial charge in [-0.15, -0.1) is 0 Å². The molecule has 3 rings (SSSR count). The Balaban J connectivity index is 1.58. The molecule has 1 aliphatic rings. The lowest BCUT2D eigenvalue weighted by Crippen LogP contribution is -2.24. The quantitative estimate of drug-likeness (QED) is 0.861. The van der Waals surface area contributed by atoms with Crippen LogP contribution < -0.4 is 5.32 Å². The highest BCUT2D eigenvalue weighted by molar-refractivity contribution is 6.21. The van der Waals surface area contributed by atoms with Crippen molar-refractivity contribution in [3.05, 3.63) is 65.2 Å². The fourth-order valence-corrected chi connectivity index (χ4v) is 2.76. The maximum atomic E-state index is 12.0. The Morgan fingerprint density at radius 3 is 2.46 bits per heavy atom. The van der Waals surface area contributed by atoms with E-state index < -0.39 is 0 Å². The number of aryl methyl sites for hydroxylation is 1. The Morgan fingerprint density at radius 1 is 1.00 bits per heavy atom. The number of nitrogens with zero attached hydrogens (tertiary/aromatic N) is 1. The molecule has 0 aromatic heterocycles. The Bertz CT molecular complexity index is 800. The maximum absolute atomic E-state index is 12.0. The van der Waals surface area contributed by atoms with Crippen molar-refractivity contribution >= 4 is 23.4 Å². The average Bonchev–Trinajstić information content (AvgIpc) is 2.80. The number of carbonyl (C=O) groups is 3. The summed E-state index contributed by atoms with van der Waals surface area (Å²) in [6.07, 6.45) is 2.00. The first kappa shape index (κ1) is 15.9. The predicted octanol–water partition coefficient (Wildman–Crippen LogP) is 2.87. The smallest absolute Gasteiger partial charge is 0.261 e. The second-order valence-electron chi connectivity index (χ2n) is 5.82. The van der Waals surface area contributed by atoms with Crippen LogP contribution in [0.15, 0.2) is 48.5 Å². The molecule has 0 saturated carbocycles. The molecule has 0 radical (unpaired) electrons. The van der Waals surface area contributed by atoms with Crippen LogP contribution in [0, 0.1) is 0 Å². The summed E-state index contributed by atoms with van der Waals surface area (Å²) in [6, 6.07) is 14.8. The summed E-state index contributed by atoms with van der Waals surface area (Å²) in [4.78, 5) is 36.9. The van der Waals surface area contributed by atoms with E-state index in [0.29, 0.717) is 23.2 Å². The summed E-state index contributed by atoms with van der Waals surface area (Å²) in [5.41, 5.74) is 2.46. The van der Waals surface area contributed by atoms with Gasteiger partial charge in [-0.3, -0.25) is 19.3 Å². The minimum Gasteiger partial charge on any atom is -0.326 e. The summed E-state index contributed by atoms with van der Waals surface area (Å²) >= 11 is 0. The number of carbonyl (C=O) groups excluding carboxylic acids is 3. The van der Waals surface area contributed by atoms with Crippen LogP contribution in [0.5, 0.6) is 0 Å². The topological polar surface area (TPSA) is 66.5 Å². The fraction of sp³-hybridized carbons (Fsp3) is 0.211. The Hall–Kier alpha value is -2.95. The molecule has 5 heteroatoms. The van der Waals surface area contributed by atoms with Gasteiger partial charge in [-0.05, 0) is 36.6 Å². The molecule has 5 nitrogen and oxygen atoms in total. The largest absolute Gasteiger partial charge is 0.326 e. The van der Waals surface area contributed by atoms with Gasteiger partial charge in [0.1, 0.15) is 0 Å². The summed E-state index contributed by atoms with van der Waals surface area (Å²) < 4.78 is 0. The number of nitrogens with one attached hydrogen (secondary N) is 1. The summed E-state index contributed by atoms with van der Waals surface area (Å²) in [6.45, 7) is 0. The van der Waals surface area contributed by atoms with Gasteiger partial charge in [0.05, 0.1) is 11.1 Å². The minimum absolute atomic E-state index is 0.101. The molecule has 24 heavy (non-hydrogen) atoms. The van der Waals surface area contributed by atoms with Crippen LogP contribution in [0.3, 0.4) is 0 Å². The fourth-order valence-electron chi connectivity index (χ4n) is 2.76. The highest BCUT2D eigenvalue weighted by atomic mass is 16.2. The average molecular weight is 322 g/mol. The van der Waals surface area contributed by atoms with Gasteiger partial charge in [-0.25, -0.2) is 0 Å². The molecule has 0 atom stereocenters. The lowest BCUT2D eigenvalue weighted by Gasteiger charge is -2.06. The van der Waals surface area contributed by atoms with Crippen molar-refractivity contribution in [1.29, 1.82) is 0 Å². The molecule has 1 N–H and O–H groups in total. The second-order valence-corrected chi connectivity index (χ2v) is 5.82. The van der Waals surface area contributed by atoms with E-state index in [2.05, 4.69) is 5.32 Å². The summed E-state index contributed by atoms with van der Waals surface area (Å²) in [5, 5.41) is 2.79. The Morgan fingerprint density at radius 2 is 1.71 bits per heavy atom. The third-order valence-corrected chi connectivity index (χ3v) is 4.09. The van der Waals surface area contributed by atoms with Crippen molar-refractivity contribution in [2.75, 3.05) is 12.4 Å². The first-order valence-corrected chi connectivity index (χ1v) is 7.86. The van der Waals surface area contributed by atoms with Gasteiger partial charge in [-0.2, -0.15) is 0 Å². The van der Waals surface area contributed by atoms with Crippen LogP contribution in [0.25, 0.3) is 0 Å². The van der Waals surface area contributed by atoms with Gasteiger partial charge in [-0.1, -0.05) is 30.3 Å². The van der Waals surface area contributed by atoms with Gasteiger partial charge in [0.2, 0.25) is 5.91 Å². The number of hydrogen-bond acceptors (Lipinski definition) is 3. The third-order valence-electron chi connectivity index (χ3n) is 4.09. The van der Waals surface area contributed by atoms with Crippen LogP contribution in [0.2, 0.25) is 0 Å². The predicted molar refractivity (Wildman–Crippen MR) is 90.9 cm³/mol. The standard InChI is InChI=1S/C19H18N2O3/c1-21-18(23)15-11-10-14(12-16(15)19(21)24)20-17(22)9-5-8-13-6-3-2-4-7-13/h2-4,6-7,10-12H,5,8-9H2,1H3,(H,20,22). The van der Waals surface area contributed by atoms with Crippen LogP contribution in [-0.4, -0.2) is 29.7 Å². The van der Waals surface area contributed by atoms with Crippen LogP contribution in [0.4, 0.5) is 5.69 Å². The number of rotatable bonds is 5. The zero-order chi connectivity index (χ0) is 17.1. The second kappa shape index (κ2) is 6.66. The molecule has 0 unspecified atom stereocenters. The Kier molecular flexibility index (Phi) is 4.42. The number of imide groups is 1. The van der Waals surface area contributed by atoms with Crippen molar-refractivity contribution in [2.24, 2.45) is 0 Å². The van der Waals surface area contributed by atoms with E-state index in [4.69, 9.17) is 0 Å². The molecule has 0 aliphatic carbocycles. The third kappa shape index (κ3) is 3.20. The Labute approximate surface area is 140 Å². The molecule has 2 aromatic carbocycles. The van der Waals surface area contributed by atoms with Crippen molar-refractivity contribution < 1.29 is 14.4 Å². The molecule has 0 saturated heterocycles. The van der Waals surface area contributed by atoms with E-state index in [1.165, 1.54) is 12.6 Å². The van der Waals surface area contributed by atoms with E-state index >= 15 is 0 Å². The maximum Gasteiger partial charge on any atom is 0.261 e. The molecule has 2 aromatic rings. The molecule has 1 aliphatic heterocycles. The number of amides is 3. The monoisotopic (exact) mass is 322 g/mol. The van der Waals surface area contributed by atoms with E-state index in [1.54, 1.807) is 18.2 Å². The van der Waals surface area contributed by atoms with Crippen LogP contribution in [-0.2, 0) is 11.2 Å². The molecule has 3 amide bonds. The molecular formula is C19H18N2O3. The van der Waals surface area contributed by atoms with E-state index in [1.807, 2.05) is 30.3 Å². The van der Waals surface area contributed by atoms with E-state index in [9.17, 15) is 14.4 Å². The summed E-state index contributed by atoms with van der Waals surface area (Å²) in [5.74, 6) is -0.748. The minimum atomic E-state index is -0.338. The number of hydrogen-bond donors (Lipinski definition) is 1. The molecular weight excluding hydrogens is 304 g/mol. The van der Waals surface area contributed by atoms with Gasteiger partial charge in [0.25, 0.3) is 11.8 Å². The van der Waals surface area contributed by atoms with Gasteiger partial charge >= 0.3 is 0 Å². The van der Waals surface area contributed by atoms with Crippen molar-refractivity contribution in [1.82, 2.24) is 4.90 Å². The zero-order valence-electron chi connectivity index (χ0n) is 13.4. The van der Waals surface area contributed by atoms with Crippen LogP contribution >= 0.6 is 0 Å². The number of anilines is 1. The molecule has 122 valence electrons. The van der Waals surface area contributed by atoms with Crippen molar-refractivity contribution in [2.45, 2.75) is 19.3 Å². The molecule has 0 bridgehead atoms. The normalized spacial score (nSPS) is 13.1. The summed E-state index contributed by atoms with van der Waals surface area (Å²) in [7, 11) is 1.45. The van der Waals surface area contributed by atoms with Gasteiger partial charge < -0.3 is 5.32 Å². The van der Waals surface area contributed by atoms with E-state index in [-0.39, 0.29) is 17.7 Å². The molecule has 1 heterocycles. The van der Waals surface area contributed by atoms with Crippen LogP contribution in [0.1, 0.15) is 39.1 Å². The zero-order valence-corrected chi connectivity index (χ0v) is 13.4. The lowest BCUT2D eigenvalue weighted by molar-refractivity contribution is -0.116. The van der Waals surface area contributed by atoms with Crippen molar-refractivity contribution in [3.63, 3.8) is 0 Å². The first-order chi connectivity index (χ1) is 11.6. The SMILES string of the molecule is CN1C(=O)c2ccc(NC(=O)CCCc3ccccc3)cc2C1=O. The van der Waals surface area contributed by atoms with Gasteiger partial charge in [0.15, 0.2) is 0 Å². The van der Waals surface area contributed by atoms with Crippen molar-refractivity contribution in [3.8, 4) is 0 Å². The highest BCUT2D eigenvalue weighted by Gasteiger charge is 2.32.